The molecule has 0 fully saturated rings. The Morgan fingerprint density at radius 2 is 2.58 bits per heavy atom. The maximum Gasteiger partial charge on any atom is 0.285 e. The number of nitrogens with one attached hydrogen (secondary N) is 2. The van der Waals surface area contributed by atoms with Crippen LogP contribution in [0.1, 0.15) is 0 Å². The fourth-order valence-electron chi connectivity index (χ4n) is 0.653. The molecule has 0 aliphatic rings. The lowest BCUT2D eigenvalue weighted by Crippen LogP contribution is -2.11. The van der Waals surface area contributed by atoms with E-state index in [2.05, 4.69) is 21.4 Å². The van der Waals surface area contributed by atoms with Gasteiger partial charge >= 0.3 is 0 Å². The molecule has 4 nitrogen and oxygen atoms in total. The van der Waals surface area contributed by atoms with Crippen LogP contribution in [0.4, 0.5) is 5.69 Å². The Morgan fingerprint density at radius 3 is 3.25 bits per heavy atom. The average Bonchev–Trinajstić information content (AvgIpc) is 2.08. The van der Waals surface area contributed by atoms with Gasteiger partial charge in [-0.3, -0.25) is 4.79 Å². The van der Waals surface area contributed by atoms with Crippen molar-refractivity contribution < 1.29 is 0 Å². The Bertz CT molecular complexity index is 366. The quantitative estimate of drug-likeness (QED) is 0.656. The first kappa shape index (κ1) is 8.62. The lowest BCUT2D eigenvalue weighted by molar-refractivity contribution is 0.988. The highest BCUT2D eigenvalue weighted by Gasteiger charge is 2.02. The van der Waals surface area contributed by atoms with Crippen molar-refractivity contribution in [1.82, 2.24) is 10.2 Å². The zero-order valence-electron chi connectivity index (χ0n) is 6.10. The zero-order chi connectivity index (χ0) is 8.97. The largest absolute Gasteiger partial charge is 0.371 e. The molecule has 62 valence electrons. The predicted molar refractivity (Wildman–Crippen MR) is 47.2 cm³/mol. The van der Waals surface area contributed by atoms with Crippen molar-refractivity contribution in [1.29, 1.82) is 0 Å². The second-order valence-electron chi connectivity index (χ2n) is 1.98. The molecule has 0 saturated heterocycles. The maximum absolute atomic E-state index is 10.9. The Labute approximate surface area is 73.9 Å². The van der Waals surface area contributed by atoms with Crippen molar-refractivity contribution in [3.8, 4) is 12.3 Å². The third-order valence-electron chi connectivity index (χ3n) is 1.18. The molecule has 1 rings (SSSR count). The highest BCUT2D eigenvalue weighted by Crippen LogP contribution is 2.13. The van der Waals surface area contributed by atoms with Crippen LogP contribution >= 0.6 is 11.6 Å². The standard InChI is InChI=1S/C7H6ClN3O/c1-2-3-9-5-4-10-11-7(12)6(5)8/h1,4H,3H2,(H2,9,11,12). The van der Waals surface area contributed by atoms with E-state index in [1.54, 1.807) is 0 Å². The van der Waals surface area contributed by atoms with Gasteiger partial charge in [0, 0.05) is 0 Å². The van der Waals surface area contributed by atoms with E-state index >= 15 is 0 Å². The van der Waals surface area contributed by atoms with Crippen LogP contribution in [0.3, 0.4) is 0 Å². The van der Waals surface area contributed by atoms with E-state index in [-0.39, 0.29) is 5.02 Å². The van der Waals surface area contributed by atoms with Crippen LogP contribution in [-0.4, -0.2) is 16.7 Å². The number of terminal acetylenes is 1. The molecule has 1 heterocycles. The van der Waals surface area contributed by atoms with Gasteiger partial charge in [0.1, 0.15) is 5.02 Å². The molecule has 0 aliphatic heterocycles. The molecular weight excluding hydrogens is 178 g/mol. The highest BCUT2D eigenvalue weighted by molar-refractivity contribution is 6.32. The molecule has 12 heavy (non-hydrogen) atoms. The van der Waals surface area contributed by atoms with Gasteiger partial charge in [-0.2, -0.15) is 5.10 Å². The summed E-state index contributed by atoms with van der Waals surface area (Å²) in [5, 5.41) is 8.55. The van der Waals surface area contributed by atoms with Crippen molar-refractivity contribution in [2.45, 2.75) is 0 Å². The Hall–Kier alpha value is -1.47. The number of aromatic amines is 1. The van der Waals surface area contributed by atoms with Crippen LogP contribution in [0.5, 0.6) is 0 Å². The summed E-state index contributed by atoms with van der Waals surface area (Å²) in [4.78, 5) is 10.9. The third-order valence-corrected chi connectivity index (χ3v) is 1.55. The summed E-state index contributed by atoms with van der Waals surface area (Å²) in [5.41, 5.74) is 0.0112. The van der Waals surface area contributed by atoms with Gasteiger partial charge in [-0.05, 0) is 0 Å². The molecule has 1 aromatic rings. The molecular formula is C7H6ClN3O. The van der Waals surface area contributed by atoms with Crippen LogP contribution in [0.2, 0.25) is 5.02 Å². The molecule has 0 spiro atoms. The number of nitrogens with zero attached hydrogens (tertiary/aromatic N) is 1. The molecule has 0 bridgehead atoms. The molecule has 0 aliphatic carbocycles. The van der Waals surface area contributed by atoms with Crippen LogP contribution in [-0.2, 0) is 0 Å². The van der Waals surface area contributed by atoms with Crippen LogP contribution in [0.15, 0.2) is 11.0 Å². The van der Waals surface area contributed by atoms with Gasteiger partial charge in [-0.25, -0.2) is 5.10 Å². The number of hydrogen-bond donors (Lipinski definition) is 2. The van der Waals surface area contributed by atoms with Crippen molar-refractivity contribution in [3.63, 3.8) is 0 Å². The molecule has 0 amide bonds. The number of anilines is 1. The molecule has 0 saturated carbocycles. The van der Waals surface area contributed by atoms with Crippen LogP contribution in [0.25, 0.3) is 0 Å². The van der Waals surface area contributed by atoms with Crippen LogP contribution in [0, 0.1) is 12.3 Å². The van der Waals surface area contributed by atoms with Crippen molar-refractivity contribution in [3.05, 3.63) is 21.6 Å². The smallest absolute Gasteiger partial charge is 0.285 e. The summed E-state index contributed by atoms with van der Waals surface area (Å²) < 4.78 is 0. The highest BCUT2D eigenvalue weighted by atomic mass is 35.5. The number of halogens is 1. The van der Waals surface area contributed by atoms with Gasteiger partial charge in [0.25, 0.3) is 5.56 Å². The minimum Gasteiger partial charge on any atom is -0.371 e. The monoisotopic (exact) mass is 183 g/mol. The van der Waals surface area contributed by atoms with Gasteiger partial charge in [0.2, 0.25) is 0 Å². The summed E-state index contributed by atoms with van der Waals surface area (Å²) in [5.74, 6) is 2.35. The Morgan fingerprint density at radius 1 is 1.83 bits per heavy atom. The van der Waals surface area contributed by atoms with Crippen LogP contribution < -0.4 is 10.9 Å². The van der Waals surface area contributed by atoms with Crippen molar-refractivity contribution >= 4 is 17.3 Å². The molecule has 0 radical (unpaired) electrons. The van der Waals surface area contributed by atoms with Gasteiger partial charge in [0.15, 0.2) is 0 Å². The molecule has 0 unspecified atom stereocenters. The van der Waals surface area contributed by atoms with E-state index in [1.165, 1.54) is 6.20 Å². The minimum absolute atomic E-state index is 0.0697. The van der Waals surface area contributed by atoms with Crippen molar-refractivity contribution in [2.75, 3.05) is 11.9 Å². The summed E-state index contributed by atoms with van der Waals surface area (Å²) in [6, 6.07) is 0. The predicted octanol–water partition coefficient (Wildman–Crippen LogP) is 0.468. The number of H-pyrrole nitrogens is 1. The summed E-state index contributed by atoms with van der Waals surface area (Å²) >= 11 is 5.61. The van der Waals surface area contributed by atoms with E-state index in [0.717, 1.165) is 0 Å². The minimum atomic E-state index is -0.432. The number of rotatable bonds is 2. The van der Waals surface area contributed by atoms with Gasteiger partial charge in [-0.1, -0.05) is 17.5 Å². The molecule has 1 aromatic heterocycles. The second-order valence-corrected chi connectivity index (χ2v) is 2.36. The van der Waals surface area contributed by atoms with E-state index in [0.29, 0.717) is 12.2 Å². The SMILES string of the molecule is C#CCNc1cn[nH]c(=O)c1Cl. The van der Waals surface area contributed by atoms with E-state index in [1.807, 2.05) is 0 Å². The topological polar surface area (TPSA) is 57.8 Å². The Kier molecular flexibility index (Phi) is 2.72. The van der Waals surface area contributed by atoms with Gasteiger partial charge in [-0.15, -0.1) is 6.42 Å². The number of hydrogen-bond acceptors (Lipinski definition) is 3. The lowest BCUT2D eigenvalue weighted by atomic mass is 10.4. The molecule has 5 heteroatoms. The normalized spacial score (nSPS) is 9.00. The summed E-state index contributed by atoms with van der Waals surface area (Å²) in [6.07, 6.45) is 6.41. The van der Waals surface area contributed by atoms with E-state index in [4.69, 9.17) is 18.0 Å². The zero-order valence-corrected chi connectivity index (χ0v) is 6.85. The maximum atomic E-state index is 10.9. The fraction of sp³-hybridized carbons (Fsp3) is 0.143. The molecule has 2 N–H and O–H groups in total. The first-order valence-corrected chi connectivity index (χ1v) is 3.54. The number of aromatic nitrogens is 2. The molecule has 0 atom stereocenters. The van der Waals surface area contributed by atoms with Gasteiger partial charge in [0.05, 0.1) is 18.4 Å². The third kappa shape index (κ3) is 1.77. The first-order valence-electron chi connectivity index (χ1n) is 3.16. The average molecular weight is 184 g/mol. The van der Waals surface area contributed by atoms with Gasteiger partial charge < -0.3 is 5.32 Å². The fourth-order valence-corrected chi connectivity index (χ4v) is 0.811. The van der Waals surface area contributed by atoms with E-state index < -0.39 is 5.56 Å². The summed E-state index contributed by atoms with van der Waals surface area (Å²) in [7, 11) is 0. The first-order chi connectivity index (χ1) is 5.75. The Balaban J connectivity index is 2.94. The van der Waals surface area contributed by atoms with E-state index in [9.17, 15) is 4.79 Å². The second kappa shape index (κ2) is 3.79. The summed E-state index contributed by atoms with van der Waals surface area (Å²) in [6.45, 7) is 0.310. The lowest BCUT2D eigenvalue weighted by Gasteiger charge is -2.01. The van der Waals surface area contributed by atoms with Crippen molar-refractivity contribution in [2.24, 2.45) is 0 Å². The molecule has 0 aromatic carbocycles.